The van der Waals surface area contributed by atoms with E-state index in [4.69, 9.17) is 14.2 Å². The molecule has 0 bridgehead atoms. The number of amides is 1. The highest BCUT2D eigenvalue weighted by Crippen LogP contribution is 2.38. The zero-order valence-electron chi connectivity index (χ0n) is 26.2. The number of aryl methyl sites for hydroxylation is 1. The fourth-order valence-electron chi connectivity index (χ4n) is 6.77. The number of aromatic amines is 1. The second kappa shape index (κ2) is 12.7. The molecule has 3 aromatic rings. The van der Waals surface area contributed by atoms with E-state index in [0.29, 0.717) is 6.04 Å². The molecule has 0 atom stereocenters. The van der Waals surface area contributed by atoms with Gasteiger partial charge in [0.25, 0.3) is 0 Å². The van der Waals surface area contributed by atoms with Crippen LogP contribution in [0, 0.1) is 6.92 Å². The van der Waals surface area contributed by atoms with E-state index in [-0.39, 0.29) is 6.10 Å². The molecular weight excluding hydrogens is 542 g/mol. The monoisotopic (exact) mass is 589 g/mol. The second-order valence-electron chi connectivity index (χ2n) is 13.3. The number of nitrogens with one attached hydrogen (secondary N) is 2. The molecule has 0 radical (unpaired) electrons. The molecule has 3 aliphatic rings. The van der Waals surface area contributed by atoms with Gasteiger partial charge in [0, 0.05) is 50.8 Å². The van der Waals surface area contributed by atoms with E-state index in [9.17, 15) is 4.79 Å². The number of hydrogen-bond donors (Lipinski definition) is 2. The minimum Gasteiger partial charge on any atom is -0.489 e. The van der Waals surface area contributed by atoms with Gasteiger partial charge in [0.1, 0.15) is 17.5 Å². The third-order valence-corrected chi connectivity index (χ3v) is 8.98. The minimum atomic E-state index is -0.576. The van der Waals surface area contributed by atoms with Crippen molar-refractivity contribution < 1.29 is 19.0 Å². The Morgan fingerprint density at radius 1 is 0.977 bits per heavy atom. The molecule has 3 heterocycles. The molecule has 2 aromatic carbocycles. The van der Waals surface area contributed by atoms with Crippen molar-refractivity contribution in [1.82, 2.24) is 15.1 Å². The largest absolute Gasteiger partial charge is 0.489 e. The molecule has 1 aromatic heterocycles. The molecule has 6 rings (SSSR count). The summed E-state index contributed by atoms with van der Waals surface area (Å²) in [6, 6.07) is 11.2. The van der Waals surface area contributed by atoms with Gasteiger partial charge in [0.2, 0.25) is 0 Å². The van der Waals surface area contributed by atoms with Crippen LogP contribution < -0.4 is 15.0 Å². The first-order chi connectivity index (χ1) is 20.7. The lowest BCUT2D eigenvalue weighted by atomic mass is 9.93. The van der Waals surface area contributed by atoms with E-state index >= 15 is 0 Å². The highest BCUT2D eigenvalue weighted by molar-refractivity contribution is 5.94. The molecule has 0 spiro atoms. The SMILES string of the molecule is Cc1[nH]nc2cc(-c3ccc(NC(=O)OC(C)(C)C)c(N4CCN(C5CCCCC5)CC4)c3)cc(OC3CCOCC3)c12. The number of ether oxygens (including phenoxy) is 3. The molecule has 2 N–H and O–H groups in total. The van der Waals surface area contributed by atoms with Gasteiger partial charge in [0.05, 0.1) is 35.5 Å². The number of anilines is 2. The minimum absolute atomic E-state index is 0.123. The van der Waals surface area contributed by atoms with Gasteiger partial charge in [-0.2, -0.15) is 5.10 Å². The van der Waals surface area contributed by atoms with Crippen LogP contribution in [0.3, 0.4) is 0 Å². The summed E-state index contributed by atoms with van der Waals surface area (Å²) in [5.41, 5.74) is 5.17. The van der Waals surface area contributed by atoms with E-state index in [1.807, 2.05) is 33.8 Å². The van der Waals surface area contributed by atoms with Crippen molar-refractivity contribution in [2.45, 2.75) is 90.4 Å². The molecule has 1 aliphatic carbocycles. The molecule has 43 heavy (non-hydrogen) atoms. The predicted octanol–water partition coefficient (Wildman–Crippen LogP) is 6.90. The Hall–Kier alpha value is -3.30. The highest BCUT2D eigenvalue weighted by atomic mass is 16.6. The lowest BCUT2D eigenvalue weighted by Crippen LogP contribution is -2.51. The molecular formula is C34H47N5O4. The topological polar surface area (TPSA) is 92.0 Å². The van der Waals surface area contributed by atoms with Gasteiger partial charge in [-0.15, -0.1) is 0 Å². The normalized spacial score (nSPS) is 19.5. The van der Waals surface area contributed by atoms with Crippen molar-refractivity contribution in [3.63, 3.8) is 0 Å². The lowest BCUT2D eigenvalue weighted by Gasteiger charge is -2.42. The summed E-state index contributed by atoms with van der Waals surface area (Å²) in [6.45, 7) is 13.0. The van der Waals surface area contributed by atoms with Crippen LogP contribution in [0.15, 0.2) is 30.3 Å². The number of piperazine rings is 1. The van der Waals surface area contributed by atoms with Gasteiger partial charge in [-0.1, -0.05) is 25.3 Å². The van der Waals surface area contributed by atoms with Gasteiger partial charge < -0.3 is 19.1 Å². The van der Waals surface area contributed by atoms with Crippen LogP contribution in [0.25, 0.3) is 22.0 Å². The average Bonchev–Trinajstić information content (AvgIpc) is 3.38. The number of benzene rings is 2. The standard InChI is InChI=1S/C34H47N5O4/c1-23-32-29(37-36-23)20-25(22-31(32)42-27-12-18-41-19-13-27)24-10-11-28(35-33(40)43-34(2,3)4)30(21-24)39-16-14-38(15-17-39)26-8-6-5-7-9-26/h10-11,20-22,26-27H,5-9,12-19H2,1-4H3,(H,35,40)(H,36,37). The quantitative estimate of drug-likeness (QED) is 0.323. The maximum absolute atomic E-state index is 12.9. The van der Waals surface area contributed by atoms with Crippen molar-refractivity contribution in [2.75, 3.05) is 49.6 Å². The van der Waals surface area contributed by atoms with Crippen LogP contribution in [-0.2, 0) is 9.47 Å². The van der Waals surface area contributed by atoms with Crippen molar-refractivity contribution >= 4 is 28.4 Å². The fraction of sp³-hybridized carbons (Fsp3) is 0.588. The van der Waals surface area contributed by atoms with Crippen LogP contribution in [0.1, 0.15) is 71.4 Å². The first-order valence-corrected chi connectivity index (χ1v) is 16.1. The molecule has 9 heteroatoms. The number of hydrogen-bond acceptors (Lipinski definition) is 7. The zero-order valence-corrected chi connectivity index (χ0v) is 26.2. The first-order valence-electron chi connectivity index (χ1n) is 16.1. The molecule has 2 aliphatic heterocycles. The lowest BCUT2D eigenvalue weighted by molar-refractivity contribution is 0.0262. The molecule has 3 fully saturated rings. The second-order valence-corrected chi connectivity index (χ2v) is 13.3. The number of H-pyrrole nitrogens is 1. The Morgan fingerprint density at radius 3 is 2.44 bits per heavy atom. The van der Waals surface area contributed by atoms with E-state index < -0.39 is 11.7 Å². The van der Waals surface area contributed by atoms with Crippen LogP contribution >= 0.6 is 0 Å². The average molecular weight is 590 g/mol. The fourth-order valence-corrected chi connectivity index (χ4v) is 6.77. The van der Waals surface area contributed by atoms with Crippen molar-refractivity contribution in [3.8, 4) is 16.9 Å². The predicted molar refractivity (Wildman–Crippen MR) is 171 cm³/mol. The van der Waals surface area contributed by atoms with E-state index in [1.165, 1.54) is 32.1 Å². The van der Waals surface area contributed by atoms with E-state index in [2.05, 4.69) is 49.6 Å². The first kappa shape index (κ1) is 29.8. The summed E-state index contributed by atoms with van der Waals surface area (Å²) in [5, 5.41) is 11.8. The van der Waals surface area contributed by atoms with Crippen molar-refractivity contribution in [1.29, 1.82) is 0 Å². The Labute approximate surface area is 255 Å². The zero-order chi connectivity index (χ0) is 30.0. The maximum Gasteiger partial charge on any atom is 0.412 e. The van der Waals surface area contributed by atoms with Crippen LogP contribution in [-0.4, -0.2) is 78.3 Å². The Morgan fingerprint density at radius 2 is 1.72 bits per heavy atom. The number of carbonyl (C=O) groups excluding carboxylic acids is 1. The van der Waals surface area contributed by atoms with Crippen molar-refractivity contribution in [2.24, 2.45) is 0 Å². The maximum atomic E-state index is 12.9. The number of carbonyl (C=O) groups is 1. The summed E-state index contributed by atoms with van der Waals surface area (Å²) in [4.78, 5) is 17.9. The summed E-state index contributed by atoms with van der Waals surface area (Å²) in [5.74, 6) is 0.851. The molecule has 232 valence electrons. The van der Waals surface area contributed by atoms with Crippen molar-refractivity contribution in [3.05, 3.63) is 36.0 Å². The number of aromatic nitrogens is 2. The van der Waals surface area contributed by atoms with E-state index in [0.717, 1.165) is 97.1 Å². The van der Waals surface area contributed by atoms with Gasteiger partial charge in [0.15, 0.2) is 0 Å². The third-order valence-electron chi connectivity index (χ3n) is 8.98. The summed E-state index contributed by atoms with van der Waals surface area (Å²) in [7, 11) is 0. The highest BCUT2D eigenvalue weighted by Gasteiger charge is 2.27. The molecule has 1 amide bonds. The number of rotatable bonds is 6. The Balaban J connectivity index is 1.31. The summed E-state index contributed by atoms with van der Waals surface area (Å²) >= 11 is 0. The van der Waals surface area contributed by atoms with Gasteiger partial charge in [-0.25, -0.2) is 4.79 Å². The van der Waals surface area contributed by atoms with Crippen LogP contribution in [0.5, 0.6) is 5.75 Å². The molecule has 2 saturated heterocycles. The van der Waals surface area contributed by atoms with Gasteiger partial charge >= 0.3 is 6.09 Å². The smallest absolute Gasteiger partial charge is 0.412 e. The van der Waals surface area contributed by atoms with Gasteiger partial charge in [-0.3, -0.25) is 15.3 Å². The number of fused-ring (bicyclic) bond motifs is 1. The van der Waals surface area contributed by atoms with Gasteiger partial charge in [-0.05, 0) is 75.9 Å². The number of nitrogens with zero attached hydrogens (tertiary/aromatic N) is 3. The Bertz CT molecular complexity index is 1410. The third kappa shape index (κ3) is 7.10. The Kier molecular flexibility index (Phi) is 8.82. The molecule has 0 unspecified atom stereocenters. The molecule has 9 nitrogen and oxygen atoms in total. The van der Waals surface area contributed by atoms with Crippen LogP contribution in [0.2, 0.25) is 0 Å². The van der Waals surface area contributed by atoms with E-state index in [1.54, 1.807) is 0 Å². The summed E-state index contributed by atoms with van der Waals surface area (Å²) < 4.78 is 17.8. The summed E-state index contributed by atoms with van der Waals surface area (Å²) in [6.07, 6.45) is 8.13. The van der Waals surface area contributed by atoms with Crippen LogP contribution in [0.4, 0.5) is 16.2 Å². The molecule has 1 saturated carbocycles.